The number of aromatic amines is 1. The first kappa shape index (κ1) is 13.6. The van der Waals surface area contributed by atoms with Crippen molar-refractivity contribution in [1.82, 2.24) is 35.4 Å². The van der Waals surface area contributed by atoms with Gasteiger partial charge in [-0.3, -0.25) is 14.5 Å². The Labute approximate surface area is 124 Å². The molecule has 0 fully saturated rings. The first-order chi connectivity index (χ1) is 10.7. The van der Waals surface area contributed by atoms with Gasteiger partial charge in [0.05, 0.1) is 12.2 Å². The summed E-state index contributed by atoms with van der Waals surface area (Å²) in [6, 6.07) is 7.13. The number of allylic oxidation sites excluding steroid dienone is 1. The molecule has 0 spiro atoms. The highest BCUT2D eigenvalue weighted by molar-refractivity contribution is 6.06. The number of pyridine rings is 1. The van der Waals surface area contributed by atoms with Gasteiger partial charge in [0.2, 0.25) is 11.6 Å². The van der Waals surface area contributed by atoms with E-state index >= 15 is 0 Å². The monoisotopic (exact) mass is 297 g/mol. The molecule has 0 atom stereocenters. The quantitative estimate of drug-likeness (QED) is 0.402. The number of aliphatic hydroxyl groups excluding tert-OH is 1. The molecule has 0 aliphatic carbocycles. The van der Waals surface area contributed by atoms with E-state index in [1.165, 1.54) is 0 Å². The Morgan fingerprint density at radius 3 is 3.00 bits per heavy atom. The zero-order valence-electron chi connectivity index (χ0n) is 11.3. The first-order valence-corrected chi connectivity index (χ1v) is 6.34. The third-order valence-electron chi connectivity index (χ3n) is 2.79. The lowest BCUT2D eigenvalue weighted by Gasteiger charge is -1.99. The summed E-state index contributed by atoms with van der Waals surface area (Å²) in [5.74, 6) is -0.888. The normalized spacial score (nSPS) is 11.5. The molecule has 22 heavy (non-hydrogen) atoms. The van der Waals surface area contributed by atoms with Crippen molar-refractivity contribution in [2.45, 2.75) is 6.54 Å². The topological polar surface area (TPSA) is 122 Å². The number of hydrogen-bond acceptors (Lipinski definition) is 7. The van der Waals surface area contributed by atoms with Crippen molar-refractivity contribution >= 4 is 11.5 Å². The molecule has 3 aromatic heterocycles. The van der Waals surface area contributed by atoms with Crippen molar-refractivity contribution in [3.05, 3.63) is 59.9 Å². The van der Waals surface area contributed by atoms with Crippen LogP contribution in [0.2, 0.25) is 0 Å². The number of tetrazole rings is 1. The second kappa shape index (κ2) is 5.95. The van der Waals surface area contributed by atoms with Crippen molar-refractivity contribution in [2.75, 3.05) is 0 Å². The van der Waals surface area contributed by atoms with Gasteiger partial charge in [-0.1, -0.05) is 6.07 Å². The van der Waals surface area contributed by atoms with Gasteiger partial charge in [0.15, 0.2) is 5.76 Å². The molecule has 3 aromatic rings. The summed E-state index contributed by atoms with van der Waals surface area (Å²) in [5.41, 5.74) is 1.03. The summed E-state index contributed by atoms with van der Waals surface area (Å²) in [7, 11) is 0. The van der Waals surface area contributed by atoms with E-state index in [-0.39, 0.29) is 17.3 Å². The average Bonchev–Trinajstić information content (AvgIpc) is 3.19. The van der Waals surface area contributed by atoms with Crippen LogP contribution >= 0.6 is 0 Å². The number of nitrogens with one attached hydrogen (secondary N) is 1. The van der Waals surface area contributed by atoms with E-state index in [9.17, 15) is 9.90 Å². The van der Waals surface area contributed by atoms with E-state index in [1.54, 1.807) is 23.1 Å². The molecule has 0 radical (unpaired) electrons. The summed E-state index contributed by atoms with van der Waals surface area (Å²) in [5, 5.41) is 26.5. The Morgan fingerprint density at radius 2 is 2.27 bits per heavy atom. The first-order valence-electron chi connectivity index (χ1n) is 6.34. The van der Waals surface area contributed by atoms with Gasteiger partial charge in [-0.25, -0.2) is 0 Å². The van der Waals surface area contributed by atoms with Crippen LogP contribution in [0.5, 0.6) is 0 Å². The highest BCUT2D eigenvalue weighted by Gasteiger charge is 2.12. The molecular weight excluding hydrogens is 286 g/mol. The molecule has 3 heterocycles. The number of H-pyrrole nitrogens is 1. The van der Waals surface area contributed by atoms with E-state index in [0.29, 0.717) is 6.54 Å². The molecule has 0 unspecified atom stereocenters. The minimum atomic E-state index is -0.456. The molecule has 0 bridgehead atoms. The van der Waals surface area contributed by atoms with Crippen LogP contribution in [-0.4, -0.2) is 46.3 Å². The Bertz CT molecular complexity index is 793. The van der Waals surface area contributed by atoms with Crippen molar-refractivity contribution < 1.29 is 9.90 Å². The maximum Gasteiger partial charge on any atom is 0.239 e. The van der Waals surface area contributed by atoms with Crippen molar-refractivity contribution in [3.8, 4) is 0 Å². The third kappa shape index (κ3) is 3.03. The van der Waals surface area contributed by atoms with Crippen LogP contribution in [-0.2, 0) is 6.54 Å². The zero-order chi connectivity index (χ0) is 15.4. The Hall–Kier alpha value is -3.36. The summed E-state index contributed by atoms with van der Waals surface area (Å²) in [4.78, 5) is 16.2. The lowest BCUT2D eigenvalue weighted by Crippen LogP contribution is -2.05. The van der Waals surface area contributed by atoms with Crippen molar-refractivity contribution in [3.63, 3.8) is 0 Å². The molecule has 0 amide bonds. The zero-order valence-corrected chi connectivity index (χ0v) is 11.3. The number of hydrogen-bond donors (Lipinski definition) is 2. The van der Waals surface area contributed by atoms with Gasteiger partial charge in [0.25, 0.3) is 0 Å². The van der Waals surface area contributed by atoms with Crippen molar-refractivity contribution in [1.29, 1.82) is 0 Å². The lowest BCUT2D eigenvalue weighted by atomic mass is 10.2. The van der Waals surface area contributed by atoms with Crippen LogP contribution in [0.25, 0.3) is 5.76 Å². The molecule has 0 aliphatic heterocycles. The predicted octanol–water partition coefficient (Wildman–Crippen LogP) is 0.621. The van der Waals surface area contributed by atoms with Crippen LogP contribution in [0.4, 0.5) is 0 Å². The molecule has 0 aromatic carbocycles. The minimum Gasteiger partial charge on any atom is -0.504 e. The fourth-order valence-electron chi connectivity index (χ4n) is 1.77. The second-order valence-electron chi connectivity index (χ2n) is 4.35. The van der Waals surface area contributed by atoms with Crippen LogP contribution in [0.3, 0.4) is 0 Å². The standard InChI is InChI=1S/C13H11N7O2/c21-11(7-12(22)13-15-18-19-16-13)10-4-6-20(17-10)8-9-3-1-2-5-14-9/h1-7,22H,8H2,(H,15,16,18,19). The Kier molecular flexibility index (Phi) is 3.69. The highest BCUT2D eigenvalue weighted by atomic mass is 16.3. The molecule has 9 heteroatoms. The maximum atomic E-state index is 12.0. The van der Waals surface area contributed by atoms with Gasteiger partial charge in [-0.05, 0) is 23.4 Å². The van der Waals surface area contributed by atoms with Crippen LogP contribution in [0.15, 0.2) is 42.7 Å². The Balaban J connectivity index is 1.73. The lowest BCUT2D eigenvalue weighted by molar-refractivity contribution is 0.104. The van der Waals surface area contributed by atoms with E-state index in [2.05, 4.69) is 30.7 Å². The fourth-order valence-corrected chi connectivity index (χ4v) is 1.77. The molecule has 110 valence electrons. The molecular formula is C13H11N7O2. The number of ketones is 1. The van der Waals surface area contributed by atoms with E-state index in [1.807, 2.05) is 18.2 Å². The molecule has 3 rings (SSSR count). The van der Waals surface area contributed by atoms with E-state index < -0.39 is 5.78 Å². The van der Waals surface area contributed by atoms with Gasteiger partial charge < -0.3 is 5.11 Å². The summed E-state index contributed by atoms with van der Waals surface area (Å²) in [6.45, 7) is 0.453. The number of carbonyl (C=O) groups excluding carboxylic acids is 1. The Morgan fingerprint density at radius 1 is 1.36 bits per heavy atom. The number of carbonyl (C=O) groups is 1. The fraction of sp³-hybridized carbons (Fsp3) is 0.0769. The second-order valence-corrected chi connectivity index (χ2v) is 4.35. The minimum absolute atomic E-state index is 0.0544. The van der Waals surface area contributed by atoms with Gasteiger partial charge in [-0.15, -0.1) is 10.2 Å². The molecule has 2 N–H and O–H groups in total. The van der Waals surface area contributed by atoms with Gasteiger partial charge >= 0.3 is 0 Å². The van der Waals surface area contributed by atoms with Crippen LogP contribution < -0.4 is 0 Å². The van der Waals surface area contributed by atoms with Crippen LogP contribution in [0.1, 0.15) is 22.0 Å². The SMILES string of the molecule is O=C(C=C(O)c1nn[nH]n1)c1ccn(Cc2ccccn2)n1. The smallest absolute Gasteiger partial charge is 0.239 e. The number of aromatic nitrogens is 7. The molecule has 0 aliphatic rings. The molecule has 9 nitrogen and oxygen atoms in total. The molecule has 0 saturated carbocycles. The third-order valence-corrected chi connectivity index (χ3v) is 2.79. The summed E-state index contributed by atoms with van der Waals surface area (Å²) >= 11 is 0. The van der Waals surface area contributed by atoms with Crippen LogP contribution in [0, 0.1) is 0 Å². The van der Waals surface area contributed by atoms with Gasteiger partial charge in [0, 0.05) is 18.5 Å². The highest BCUT2D eigenvalue weighted by Crippen LogP contribution is 2.07. The van der Waals surface area contributed by atoms with Gasteiger partial charge in [-0.2, -0.15) is 10.3 Å². The summed E-state index contributed by atoms with van der Waals surface area (Å²) in [6.07, 6.45) is 4.36. The van der Waals surface area contributed by atoms with E-state index in [4.69, 9.17) is 0 Å². The average molecular weight is 297 g/mol. The maximum absolute atomic E-state index is 12.0. The largest absolute Gasteiger partial charge is 0.504 e. The predicted molar refractivity (Wildman–Crippen MR) is 74.7 cm³/mol. The number of aliphatic hydroxyl groups is 1. The number of nitrogens with zero attached hydrogens (tertiary/aromatic N) is 6. The summed E-state index contributed by atoms with van der Waals surface area (Å²) < 4.78 is 1.59. The molecule has 0 saturated heterocycles. The van der Waals surface area contributed by atoms with E-state index in [0.717, 1.165) is 11.8 Å². The van der Waals surface area contributed by atoms with Crippen molar-refractivity contribution in [2.24, 2.45) is 0 Å². The van der Waals surface area contributed by atoms with Gasteiger partial charge in [0.1, 0.15) is 5.69 Å². The number of rotatable bonds is 5.